The molecule has 12 atom stereocenters. The Balaban J connectivity index is 1.65. The molecular weight excluding hydrogens is 1270 g/mol. The van der Waals surface area contributed by atoms with Gasteiger partial charge in [-0.25, -0.2) is 0 Å². The first-order valence-electron chi connectivity index (χ1n) is 40.2. The Bertz CT molecular complexity index is 2310. The van der Waals surface area contributed by atoms with Crippen LogP contribution in [0.15, 0.2) is 158 Å². The van der Waals surface area contributed by atoms with E-state index >= 15 is 0 Å². The van der Waals surface area contributed by atoms with Crippen LogP contribution in [0.2, 0.25) is 0 Å². The molecule has 2 aliphatic rings. The van der Waals surface area contributed by atoms with Gasteiger partial charge in [0.1, 0.15) is 48.8 Å². The number of hydrogen-bond donors (Lipinski definition) is 9. The smallest absolute Gasteiger partial charge is 0.220 e. The first kappa shape index (κ1) is 92.7. The van der Waals surface area contributed by atoms with E-state index in [1.54, 1.807) is 6.08 Å². The molecule has 14 nitrogen and oxygen atoms in total. The van der Waals surface area contributed by atoms with Crippen molar-refractivity contribution in [2.45, 2.75) is 364 Å². The lowest BCUT2D eigenvalue weighted by Crippen LogP contribution is -2.65. The van der Waals surface area contributed by atoms with Crippen molar-refractivity contribution in [3.8, 4) is 0 Å². The van der Waals surface area contributed by atoms with Gasteiger partial charge in [0.2, 0.25) is 5.91 Å². The summed E-state index contributed by atoms with van der Waals surface area (Å²) in [5.74, 6) is -0.267. The van der Waals surface area contributed by atoms with Crippen molar-refractivity contribution in [3.63, 3.8) is 0 Å². The van der Waals surface area contributed by atoms with Gasteiger partial charge in [0, 0.05) is 6.42 Å². The quantitative estimate of drug-likeness (QED) is 0.0204. The number of amides is 1. The van der Waals surface area contributed by atoms with E-state index in [1.165, 1.54) is 141 Å². The number of nitrogens with one attached hydrogen (secondary N) is 1. The number of allylic oxidation sites excluding steroid dienone is 25. The zero-order valence-corrected chi connectivity index (χ0v) is 63.1. The lowest BCUT2D eigenvalue weighted by atomic mass is 9.97. The van der Waals surface area contributed by atoms with Crippen LogP contribution in [0.4, 0.5) is 0 Å². The van der Waals surface area contributed by atoms with E-state index in [1.807, 2.05) is 6.08 Å². The van der Waals surface area contributed by atoms with Crippen molar-refractivity contribution < 1.29 is 64.6 Å². The Morgan fingerprint density at radius 1 is 0.366 bits per heavy atom. The number of carbonyl (C=O) groups excluding carboxylic acids is 1. The zero-order chi connectivity index (χ0) is 73.0. The highest BCUT2D eigenvalue weighted by Gasteiger charge is 2.51. The van der Waals surface area contributed by atoms with E-state index in [0.29, 0.717) is 6.42 Å². The summed E-state index contributed by atoms with van der Waals surface area (Å²) in [6.07, 6.45) is 88.8. The van der Waals surface area contributed by atoms with Crippen LogP contribution in [0, 0.1) is 0 Å². The summed E-state index contributed by atoms with van der Waals surface area (Å²) >= 11 is 0. The molecule has 0 bridgehead atoms. The van der Waals surface area contributed by atoms with Gasteiger partial charge in [-0.15, -0.1) is 0 Å². The third-order valence-corrected chi connectivity index (χ3v) is 18.5. The molecule has 0 aromatic rings. The van der Waals surface area contributed by atoms with Gasteiger partial charge in [0.05, 0.1) is 32.0 Å². The maximum absolute atomic E-state index is 13.4. The molecule has 576 valence electrons. The van der Waals surface area contributed by atoms with E-state index in [2.05, 4.69) is 165 Å². The van der Waals surface area contributed by atoms with E-state index in [4.69, 9.17) is 18.9 Å². The molecule has 2 aliphatic heterocycles. The van der Waals surface area contributed by atoms with E-state index < -0.39 is 86.8 Å². The largest absolute Gasteiger partial charge is 0.394 e. The van der Waals surface area contributed by atoms with E-state index in [9.17, 15) is 45.6 Å². The minimum Gasteiger partial charge on any atom is -0.394 e. The van der Waals surface area contributed by atoms with Crippen molar-refractivity contribution in [3.05, 3.63) is 158 Å². The summed E-state index contributed by atoms with van der Waals surface area (Å²) in [6.45, 7) is 2.69. The van der Waals surface area contributed by atoms with Gasteiger partial charge in [-0.05, 0) is 109 Å². The van der Waals surface area contributed by atoms with Crippen LogP contribution in [-0.4, -0.2) is 140 Å². The number of carbonyl (C=O) groups is 1. The van der Waals surface area contributed by atoms with Crippen LogP contribution < -0.4 is 5.32 Å². The topological polar surface area (TPSA) is 228 Å². The highest BCUT2D eigenvalue weighted by molar-refractivity contribution is 5.76. The van der Waals surface area contributed by atoms with Gasteiger partial charge in [0.25, 0.3) is 0 Å². The summed E-state index contributed by atoms with van der Waals surface area (Å²) in [7, 11) is 0. The van der Waals surface area contributed by atoms with Gasteiger partial charge in [0.15, 0.2) is 12.6 Å². The summed E-state index contributed by atoms with van der Waals surface area (Å²) in [5.41, 5.74) is 0. The molecule has 9 N–H and O–H groups in total. The normalized spacial score (nSPS) is 22.6. The molecule has 2 saturated heterocycles. The number of hydrogen-bond acceptors (Lipinski definition) is 13. The first-order valence-corrected chi connectivity index (χ1v) is 40.2. The second-order valence-corrected chi connectivity index (χ2v) is 27.5. The second kappa shape index (κ2) is 68.7. The maximum atomic E-state index is 13.4. The lowest BCUT2D eigenvalue weighted by molar-refractivity contribution is -0.359. The van der Waals surface area contributed by atoms with Crippen molar-refractivity contribution in [1.29, 1.82) is 0 Å². The van der Waals surface area contributed by atoms with Gasteiger partial charge in [-0.1, -0.05) is 332 Å². The third-order valence-electron chi connectivity index (χ3n) is 18.5. The third kappa shape index (κ3) is 51.4. The molecule has 14 heteroatoms. The monoisotopic (exact) mass is 1410 g/mol. The van der Waals surface area contributed by atoms with Crippen molar-refractivity contribution in [2.75, 3.05) is 19.8 Å². The first-order chi connectivity index (χ1) is 49.6. The highest BCUT2D eigenvalue weighted by atomic mass is 16.7. The lowest BCUT2D eigenvalue weighted by Gasteiger charge is -2.46. The molecule has 2 heterocycles. The molecule has 0 spiro atoms. The van der Waals surface area contributed by atoms with Gasteiger partial charge >= 0.3 is 0 Å². The number of aliphatic hydroxyl groups is 8. The summed E-state index contributed by atoms with van der Waals surface area (Å²) < 4.78 is 22.9. The second-order valence-electron chi connectivity index (χ2n) is 27.5. The van der Waals surface area contributed by atoms with Crippen LogP contribution in [0.1, 0.15) is 290 Å². The Morgan fingerprint density at radius 2 is 0.683 bits per heavy atom. The van der Waals surface area contributed by atoms with Gasteiger partial charge in [-0.3, -0.25) is 4.79 Å². The average Bonchev–Trinajstić information content (AvgIpc) is 0.792. The summed E-state index contributed by atoms with van der Waals surface area (Å²) in [5, 5.41) is 87.7. The molecular formula is C87H145NO13. The Hall–Kier alpha value is -4.39. The van der Waals surface area contributed by atoms with Crippen LogP contribution >= 0.6 is 0 Å². The Morgan fingerprint density at radius 3 is 1.05 bits per heavy atom. The van der Waals surface area contributed by atoms with Crippen molar-refractivity contribution in [1.82, 2.24) is 5.32 Å². The van der Waals surface area contributed by atoms with E-state index in [0.717, 1.165) is 122 Å². The SMILES string of the molecule is CC/C=C\C/C=C\C/C=C\C/C=C\C/C=C\C/C=C\C/C=C\C/C=C\C/C=C\C/C=C\C/C=C\C/C=C\CCCCCCC(=O)NC(COC1OC(CO)C(OC2OC(CO)C(O)C(O)C2O)C(O)C1O)C(O)/C=C/CCCCCCCCCCCCCCCCCCCCCCCCCC. The number of rotatable bonds is 65. The molecule has 0 aromatic heterocycles. The Labute approximate surface area is 614 Å². The molecule has 0 aliphatic carbocycles. The predicted octanol–water partition coefficient (Wildman–Crippen LogP) is 18.5. The standard InChI is InChI=1S/C87H145NO13/c1-3-5-7-9-11-13-15-17-19-21-23-25-27-29-31-32-33-34-35-36-37-38-39-40-41-42-43-44-45-47-49-51-53-55-57-59-61-63-65-67-69-71-79(92)88-75(74-98-86-84(97)82(95)85(78(73-90)100-86)101-87-83(96)81(94)80(93)77(72-89)99-87)76(91)70-68-66-64-62-60-58-56-54-52-50-48-46-30-28-26-24-22-20-18-16-14-12-10-8-6-4-2/h5,7,11,13,17,19,23,25,29,31,33-34,36-37,39-40,42-43,45,47,51,53,57,59,68,70,75-78,80-87,89-91,93-97H,3-4,6,8-10,12,14-16,18,20-22,24,26-28,30,32,35,38,41,44,46,48-50,52,54-56,58,60-67,69,71-74H2,1-2H3,(H,88,92)/b7-5-,13-11-,19-17-,25-23-,31-29-,34-33-,37-36-,40-39-,43-42-,47-45-,53-51-,59-57-,70-68+. The van der Waals surface area contributed by atoms with Crippen LogP contribution in [0.3, 0.4) is 0 Å². The fourth-order valence-corrected chi connectivity index (χ4v) is 12.2. The summed E-state index contributed by atoms with van der Waals surface area (Å²) in [4.78, 5) is 13.4. The van der Waals surface area contributed by atoms with Crippen LogP contribution in [0.5, 0.6) is 0 Å². The van der Waals surface area contributed by atoms with Gasteiger partial charge in [-0.2, -0.15) is 0 Å². The van der Waals surface area contributed by atoms with Crippen molar-refractivity contribution in [2.24, 2.45) is 0 Å². The van der Waals surface area contributed by atoms with Crippen molar-refractivity contribution >= 4 is 5.91 Å². The fraction of sp³-hybridized carbons (Fsp3) is 0.690. The predicted molar refractivity (Wildman–Crippen MR) is 419 cm³/mol. The number of aliphatic hydroxyl groups excluding tert-OH is 8. The van der Waals surface area contributed by atoms with Crippen LogP contribution in [-0.2, 0) is 23.7 Å². The maximum Gasteiger partial charge on any atom is 0.220 e. The zero-order valence-electron chi connectivity index (χ0n) is 63.1. The molecule has 12 unspecified atom stereocenters. The molecule has 0 aromatic carbocycles. The molecule has 2 fully saturated rings. The highest BCUT2D eigenvalue weighted by Crippen LogP contribution is 2.30. The Kier molecular flexibility index (Phi) is 63.1. The minimum atomic E-state index is -1.80. The van der Waals surface area contributed by atoms with E-state index in [-0.39, 0.29) is 18.9 Å². The fourth-order valence-electron chi connectivity index (χ4n) is 12.2. The number of unbranched alkanes of at least 4 members (excludes halogenated alkanes) is 28. The minimum absolute atomic E-state index is 0.242. The molecule has 0 saturated carbocycles. The average molecular weight is 1410 g/mol. The van der Waals surface area contributed by atoms with Crippen LogP contribution in [0.25, 0.3) is 0 Å². The van der Waals surface area contributed by atoms with Gasteiger partial charge < -0.3 is 65.1 Å². The molecule has 0 radical (unpaired) electrons. The number of ether oxygens (including phenoxy) is 4. The molecule has 101 heavy (non-hydrogen) atoms. The molecule has 2 rings (SSSR count). The summed E-state index contributed by atoms with van der Waals surface area (Å²) in [6, 6.07) is -0.942. The molecule has 1 amide bonds.